The van der Waals surface area contributed by atoms with E-state index in [0.717, 1.165) is 42.0 Å². The molecular formula is C29H30Cl3N3O. The fraction of sp³-hybridized carbons (Fsp3) is 0.345. The van der Waals surface area contributed by atoms with Crippen LogP contribution in [-0.4, -0.2) is 30.6 Å². The van der Waals surface area contributed by atoms with E-state index in [1.165, 1.54) is 5.56 Å². The Morgan fingerprint density at radius 1 is 0.944 bits per heavy atom. The van der Waals surface area contributed by atoms with Gasteiger partial charge in [0.15, 0.2) is 0 Å². The summed E-state index contributed by atoms with van der Waals surface area (Å²) in [5.74, 6) is 1.43. The molecule has 3 aromatic carbocycles. The molecule has 2 aliphatic heterocycles. The third kappa shape index (κ3) is 4.72. The Balaban J connectivity index is 1.71. The summed E-state index contributed by atoms with van der Waals surface area (Å²) in [6, 6.07) is 17.3. The molecule has 0 spiro atoms. The molecule has 0 saturated carbocycles. The van der Waals surface area contributed by atoms with Crippen molar-refractivity contribution in [3.05, 3.63) is 80.8 Å². The van der Waals surface area contributed by atoms with Crippen molar-refractivity contribution in [2.75, 3.05) is 24.5 Å². The Kier molecular flexibility index (Phi) is 7.24. The number of benzene rings is 3. The van der Waals surface area contributed by atoms with Gasteiger partial charge in [0.05, 0.1) is 21.4 Å². The lowest BCUT2D eigenvalue weighted by Crippen LogP contribution is -2.41. The minimum absolute atomic E-state index is 0.249. The lowest BCUT2D eigenvalue weighted by Gasteiger charge is -2.34. The fourth-order valence-corrected chi connectivity index (χ4v) is 6.45. The van der Waals surface area contributed by atoms with Crippen LogP contribution in [0.1, 0.15) is 37.8 Å². The van der Waals surface area contributed by atoms with Crippen LogP contribution in [0.3, 0.4) is 0 Å². The molecule has 4 nitrogen and oxygen atoms in total. The molecule has 0 aromatic heterocycles. The van der Waals surface area contributed by atoms with Crippen molar-refractivity contribution in [3.63, 3.8) is 0 Å². The first-order chi connectivity index (χ1) is 17.2. The molecule has 2 amide bonds. The van der Waals surface area contributed by atoms with Crippen molar-refractivity contribution in [3.8, 4) is 11.1 Å². The number of halogens is 3. The number of nitrogens with zero attached hydrogens (tertiary/aromatic N) is 2. The molecule has 1 fully saturated rings. The second kappa shape index (κ2) is 10.3. The summed E-state index contributed by atoms with van der Waals surface area (Å²) in [5.41, 5.74) is 5.45. The molecule has 0 bridgehead atoms. The fourth-order valence-electron chi connectivity index (χ4n) is 5.64. The van der Waals surface area contributed by atoms with Crippen LogP contribution in [0.25, 0.3) is 11.1 Å². The van der Waals surface area contributed by atoms with E-state index in [9.17, 15) is 4.79 Å². The average Bonchev–Trinajstić information content (AvgIpc) is 3.19. The number of urea groups is 1. The van der Waals surface area contributed by atoms with Crippen LogP contribution in [-0.2, 0) is 6.54 Å². The highest BCUT2D eigenvalue weighted by molar-refractivity contribution is 6.40. The largest absolute Gasteiger partial charge is 0.333 e. The molecule has 5 rings (SSSR count). The Hall–Kier alpha value is -2.24. The number of hydrogen-bond acceptors (Lipinski definition) is 2. The van der Waals surface area contributed by atoms with Crippen LogP contribution in [0.4, 0.5) is 16.2 Å². The maximum absolute atomic E-state index is 13.3. The molecule has 0 aliphatic carbocycles. The highest BCUT2D eigenvalue weighted by Gasteiger charge is 2.35. The lowest BCUT2D eigenvalue weighted by molar-refractivity contribution is 0.247. The van der Waals surface area contributed by atoms with Gasteiger partial charge in [-0.05, 0) is 47.2 Å². The van der Waals surface area contributed by atoms with Crippen LogP contribution in [0.2, 0.25) is 15.1 Å². The third-order valence-electron chi connectivity index (χ3n) is 7.17. The number of rotatable bonds is 5. The van der Waals surface area contributed by atoms with Gasteiger partial charge in [-0.15, -0.1) is 0 Å². The van der Waals surface area contributed by atoms with Crippen LogP contribution < -0.4 is 10.2 Å². The highest BCUT2D eigenvalue weighted by atomic mass is 35.5. The van der Waals surface area contributed by atoms with Crippen LogP contribution in [0.5, 0.6) is 0 Å². The maximum Gasteiger partial charge on any atom is 0.326 e. The number of hydrogen-bond donors (Lipinski definition) is 1. The van der Waals surface area contributed by atoms with Crippen molar-refractivity contribution in [1.29, 1.82) is 0 Å². The van der Waals surface area contributed by atoms with Gasteiger partial charge in [-0.1, -0.05) is 85.9 Å². The molecule has 36 heavy (non-hydrogen) atoms. The van der Waals surface area contributed by atoms with Crippen LogP contribution in [0.15, 0.2) is 54.6 Å². The Morgan fingerprint density at radius 3 is 2.33 bits per heavy atom. The van der Waals surface area contributed by atoms with Gasteiger partial charge < -0.3 is 10.2 Å². The summed E-state index contributed by atoms with van der Waals surface area (Å²) in [7, 11) is 0. The number of carbonyl (C=O) groups excluding carboxylic acids is 1. The van der Waals surface area contributed by atoms with Crippen molar-refractivity contribution >= 4 is 52.2 Å². The molecule has 0 radical (unpaired) electrons. The maximum atomic E-state index is 13.3. The molecule has 3 aromatic rings. The van der Waals surface area contributed by atoms with Gasteiger partial charge in [0.2, 0.25) is 0 Å². The SMILES string of the molecule is CC(C)CN1CC(C)C(c2cc(-c3ccccc3Cl)c3c(c2)N(c2c(Cl)cccc2Cl)C(=O)NC3)C1. The van der Waals surface area contributed by atoms with Crippen molar-refractivity contribution in [2.45, 2.75) is 33.2 Å². The number of likely N-dealkylation sites (tertiary alicyclic amines) is 1. The molecule has 2 unspecified atom stereocenters. The molecule has 1 N–H and O–H groups in total. The monoisotopic (exact) mass is 541 g/mol. The zero-order chi connectivity index (χ0) is 25.6. The van der Waals surface area contributed by atoms with Gasteiger partial charge in [0, 0.05) is 48.2 Å². The third-order valence-corrected chi connectivity index (χ3v) is 8.11. The number of para-hydroxylation sites is 1. The van der Waals surface area contributed by atoms with E-state index in [1.807, 2.05) is 24.3 Å². The second-order valence-corrected chi connectivity index (χ2v) is 11.5. The van der Waals surface area contributed by atoms with Gasteiger partial charge >= 0.3 is 6.03 Å². The van der Waals surface area contributed by atoms with E-state index in [4.69, 9.17) is 34.8 Å². The molecule has 7 heteroatoms. The van der Waals surface area contributed by atoms with Crippen LogP contribution >= 0.6 is 34.8 Å². The predicted octanol–water partition coefficient (Wildman–Crippen LogP) is 8.37. The molecular weight excluding hydrogens is 513 g/mol. The second-order valence-electron chi connectivity index (χ2n) is 10.3. The zero-order valence-electron chi connectivity index (χ0n) is 20.7. The molecule has 2 heterocycles. The van der Waals surface area contributed by atoms with Gasteiger partial charge in [0.25, 0.3) is 0 Å². The molecule has 2 aliphatic rings. The minimum atomic E-state index is -0.249. The Bertz CT molecular complexity index is 1290. The van der Waals surface area contributed by atoms with Gasteiger partial charge in [-0.3, -0.25) is 4.90 Å². The summed E-state index contributed by atoms with van der Waals surface area (Å²) < 4.78 is 0. The topological polar surface area (TPSA) is 35.6 Å². The van der Waals surface area contributed by atoms with E-state index in [1.54, 1.807) is 23.1 Å². The van der Waals surface area contributed by atoms with Crippen molar-refractivity contribution < 1.29 is 4.79 Å². The first-order valence-electron chi connectivity index (χ1n) is 12.4. The van der Waals surface area contributed by atoms with Gasteiger partial charge in [-0.25, -0.2) is 4.79 Å². The zero-order valence-corrected chi connectivity index (χ0v) is 23.0. The van der Waals surface area contributed by atoms with E-state index in [-0.39, 0.29) is 6.03 Å². The number of nitrogens with one attached hydrogen (secondary N) is 1. The number of fused-ring (bicyclic) bond motifs is 1. The Morgan fingerprint density at radius 2 is 1.64 bits per heavy atom. The Labute approximate surface area is 228 Å². The quantitative estimate of drug-likeness (QED) is 0.351. The first-order valence-corrected chi connectivity index (χ1v) is 13.5. The average molecular weight is 543 g/mol. The summed E-state index contributed by atoms with van der Waals surface area (Å²) in [4.78, 5) is 17.5. The van der Waals surface area contributed by atoms with Gasteiger partial charge in [0.1, 0.15) is 0 Å². The van der Waals surface area contributed by atoms with E-state index >= 15 is 0 Å². The first kappa shape index (κ1) is 25.4. The highest BCUT2D eigenvalue weighted by Crippen LogP contribution is 2.46. The van der Waals surface area contributed by atoms with E-state index in [2.05, 4.69) is 43.1 Å². The standard InChI is InChI=1S/C29H30Cl3N3O/c1-17(2)14-34-15-18(3)23(16-34)19-11-21(20-7-4-5-8-24(20)30)22-13-33-29(36)35(27(22)12-19)28-25(31)9-6-10-26(28)32/h4-12,17-18,23H,13-16H2,1-3H3,(H,33,36). The number of anilines is 2. The number of carbonyl (C=O) groups is 1. The smallest absolute Gasteiger partial charge is 0.326 e. The lowest BCUT2D eigenvalue weighted by atomic mass is 9.85. The molecule has 188 valence electrons. The molecule has 1 saturated heterocycles. The number of amides is 2. The molecule has 2 atom stereocenters. The minimum Gasteiger partial charge on any atom is -0.333 e. The summed E-state index contributed by atoms with van der Waals surface area (Å²) in [5, 5.41) is 4.54. The van der Waals surface area contributed by atoms with Gasteiger partial charge in [-0.2, -0.15) is 0 Å². The predicted molar refractivity (Wildman–Crippen MR) is 151 cm³/mol. The summed E-state index contributed by atoms with van der Waals surface area (Å²) in [6.07, 6.45) is 0. The van der Waals surface area contributed by atoms with Crippen molar-refractivity contribution in [2.24, 2.45) is 11.8 Å². The van der Waals surface area contributed by atoms with Crippen molar-refractivity contribution in [1.82, 2.24) is 10.2 Å². The normalized spacial score (nSPS) is 20.1. The summed E-state index contributed by atoms with van der Waals surface area (Å²) >= 11 is 19.9. The summed E-state index contributed by atoms with van der Waals surface area (Å²) in [6.45, 7) is 10.3. The van der Waals surface area contributed by atoms with E-state index < -0.39 is 0 Å². The van der Waals surface area contributed by atoms with Crippen LogP contribution in [0, 0.1) is 11.8 Å². The van der Waals surface area contributed by atoms with E-state index in [0.29, 0.717) is 45.1 Å².